The van der Waals surface area contributed by atoms with Crippen molar-refractivity contribution in [2.75, 3.05) is 6.61 Å². The lowest BCUT2D eigenvalue weighted by Gasteiger charge is -2.14. The second-order valence-corrected chi connectivity index (χ2v) is 4.77. The first-order chi connectivity index (χ1) is 8.08. The van der Waals surface area contributed by atoms with Gasteiger partial charge in [-0.2, -0.15) is 0 Å². The van der Waals surface area contributed by atoms with Crippen LogP contribution in [0.25, 0.3) is 0 Å². The molecule has 94 valence electrons. The predicted molar refractivity (Wildman–Crippen MR) is 72.5 cm³/mol. The molecule has 0 aliphatic rings. The summed E-state index contributed by atoms with van der Waals surface area (Å²) in [6.45, 7) is 6.47. The Morgan fingerprint density at radius 1 is 1.47 bits per heavy atom. The number of ether oxygens (including phenoxy) is 1. The molecule has 0 saturated carbocycles. The summed E-state index contributed by atoms with van der Waals surface area (Å²) in [6.07, 6.45) is 0.906. The molecular formula is C13H18BrNO2. The summed E-state index contributed by atoms with van der Waals surface area (Å²) in [4.78, 5) is 12.0. The van der Waals surface area contributed by atoms with Gasteiger partial charge in [0.1, 0.15) is 5.75 Å². The van der Waals surface area contributed by atoms with Gasteiger partial charge in [-0.25, -0.2) is 0 Å². The van der Waals surface area contributed by atoms with E-state index in [-0.39, 0.29) is 11.9 Å². The zero-order valence-electron chi connectivity index (χ0n) is 10.4. The van der Waals surface area contributed by atoms with Crippen LogP contribution in [0.2, 0.25) is 0 Å². The van der Waals surface area contributed by atoms with Gasteiger partial charge in [0.25, 0.3) is 5.91 Å². The third-order valence-electron chi connectivity index (χ3n) is 2.48. The van der Waals surface area contributed by atoms with Gasteiger partial charge in [0.15, 0.2) is 0 Å². The van der Waals surface area contributed by atoms with Crippen molar-refractivity contribution in [3.05, 3.63) is 28.2 Å². The smallest absolute Gasteiger partial charge is 0.255 e. The van der Waals surface area contributed by atoms with E-state index in [0.717, 1.165) is 10.9 Å². The number of hydrogen-bond donors (Lipinski definition) is 1. The van der Waals surface area contributed by atoms with Crippen LogP contribution in [-0.4, -0.2) is 18.6 Å². The van der Waals surface area contributed by atoms with Crippen molar-refractivity contribution >= 4 is 21.8 Å². The summed E-state index contributed by atoms with van der Waals surface area (Å²) >= 11 is 3.36. The van der Waals surface area contributed by atoms with Gasteiger partial charge in [0.05, 0.1) is 12.2 Å². The van der Waals surface area contributed by atoms with E-state index in [9.17, 15) is 4.79 Å². The van der Waals surface area contributed by atoms with Gasteiger partial charge in [0, 0.05) is 10.5 Å². The number of benzene rings is 1. The largest absolute Gasteiger partial charge is 0.493 e. The van der Waals surface area contributed by atoms with E-state index in [1.807, 2.05) is 26.8 Å². The average molecular weight is 300 g/mol. The first kappa shape index (κ1) is 14.0. The van der Waals surface area contributed by atoms with Crippen molar-refractivity contribution in [3.8, 4) is 5.75 Å². The van der Waals surface area contributed by atoms with Crippen LogP contribution in [-0.2, 0) is 0 Å². The Bertz CT molecular complexity index is 393. The molecule has 17 heavy (non-hydrogen) atoms. The highest BCUT2D eigenvalue weighted by Crippen LogP contribution is 2.23. The van der Waals surface area contributed by atoms with Crippen LogP contribution >= 0.6 is 15.9 Å². The van der Waals surface area contributed by atoms with Gasteiger partial charge < -0.3 is 10.1 Å². The van der Waals surface area contributed by atoms with Gasteiger partial charge in [0.2, 0.25) is 0 Å². The van der Waals surface area contributed by atoms with Gasteiger partial charge in [-0.1, -0.05) is 22.9 Å². The van der Waals surface area contributed by atoms with Crippen molar-refractivity contribution in [1.29, 1.82) is 0 Å². The molecule has 0 radical (unpaired) electrons. The normalized spacial score (nSPS) is 12.0. The number of rotatable bonds is 5. The molecule has 0 heterocycles. The molecule has 1 aromatic carbocycles. The van der Waals surface area contributed by atoms with E-state index in [4.69, 9.17) is 4.74 Å². The number of carbonyl (C=O) groups is 1. The minimum Gasteiger partial charge on any atom is -0.493 e. The number of carbonyl (C=O) groups excluding carboxylic acids is 1. The number of nitrogens with one attached hydrogen (secondary N) is 1. The Labute approximate surface area is 111 Å². The van der Waals surface area contributed by atoms with E-state index in [0.29, 0.717) is 17.9 Å². The molecule has 4 heteroatoms. The molecule has 1 N–H and O–H groups in total. The zero-order chi connectivity index (χ0) is 12.8. The summed E-state index contributed by atoms with van der Waals surface area (Å²) in [5, 5.41) is 2.93. The minimum atomic E-state index is -0.0934. The lowest BCUT2D eigenvalue weighted by Crippen LogP contribution is -2.32. The summed E-state index contributed by atoms with van der Waals surface area (Å²) in [5.41, 5.74) is 0.571. The van der Waals surface area contributed by atoms with Crippen LogP contribution in [0.5, 0.6) is 5.75 Å². The van der Waals surface area contributed by atoms with E-state index in [2.05, 4.69) is 21.2 Å². The van der Waals surface area contributed by atoms with Crippen LogP contribution in [0.3, 0.4) is 0 Å². The van der Waals surface area contributed by atoms with E-state index in [1.54, 1.807) is 12.1 Å². The summed E-state index contributed by atoms with van der Waals surface area (Å²) in [7, 11) is 0. The molecule has 1 aromatic rings. The monoisotopic (exact) mass is 299 g/mol. The highest BCUT2D eigenvalue weighted by molar-refractivity contribution is 9.10. The molecule has 0 unspecified atom stereocenters. The second kappa shape index (κ2) is 6.64. The number of halogens is 1. The van der Waals surface area contributed by atoms with Crippen molar-refractivity contribution < 1.29 is 9.53 Å². The molecule has 3 nitrogen and oxygen atoms in total. The molecule has 0 aliphatic carbocycles. The van der Waals surface area contributed by atoms with Crippen LogP contribution in [0.15, 0.2) is 22.7 Å². The summed E-state index contributed by atoms with van der Waals surface area (Å²) in [6, 6.07) is 5.61. The highest BCUT2D eigenvalue weighted by Gasteiger charge is 2.14. The molecule has 1 amide bonds. The molecule has 0 aliphatic heterocycles. The SMILES string of the molecule is CCOc1ccc(Br)cc1C(=O)N[C@H](C)CC. The molecule has 0 saturated heterocycles. The van der Waals surface area contributed by atoms with Gasteiger partial charge >= 0.3 is 0 Å². The van der Waals surface area contributed by atoms with Gasteiger partial charge in [-0.05, 0) is 38.5 Å². The van der Waals surface area contributed by atoms with Crippen LogP contribution < -0.4 is 10.1 Å². The maximum absolute atomic E-state index is 12.0. The molecule has 0 aromatic heterocycles. The van der Waals surface area contributed by atoms with E-state index >= 15 is 0 Å². The molecule has 1 atom stereocenters. The Morgan fingerprint density at radius 2 is 2.18 bits per heavy atom. The Kier molecular flexibility index (Phi) is 5.48. The highest BCUT2D eigenvalue weighted by atomic mass is 79.9. The third kappa shape index (κ3) is 4.04. The van der Waals surface area contributed by atoms with Crippen LogP contribution in [0, 0.1) is 0 Å². The Morgan fingerprint density at radius 3 is 2.76 bits per heavy atom. The molecule has 0 bridgehead atoms. The minimum absolute atomic E-state index is 0.0934. The lowest BCUT2D eigenvalue weighted by molar-refractivity contribution is 0.0935. The number of hydrogen-bond acceptors (Lipinski definition) is 2. The van der Waals surface area contributed by atoms with Gasteiger partial charge in [-0.3, -0.25) is 4.79 Å². The average Bonchev–Trinajstić information content (AvgIpc) is 2.31. The van der Waals surface area contributed by atoms with Gasteiger partial charge in [-0.15, -0.1) is 0 Å². The third-order valence-corrected chi connectivity index (χ3v) is 2.97. The summed E-state index contributed by atoms with van der Waals surface area (Å²) in [5.74, 6) is 0.528. The topological polar surface area (TPSA) is 38.3 Å². The van der Waals surface area contributed by atoms with Crippen molar-refractivity contribution in [3.63, 3.8) is 0 Å². The number of amides is 1. The van der Waals surface area contributed by atoms with Crippen molar-refractivity contribution in [2.45, 2.75) is 33.2 Å². The maximum atomic E-state index is 12.0. The molecule has 0 fully saturated rings. The van der Waals surface area contributed by atoms with Crippen LogP contribution in [0.4, 0.5) is 0 Å². The molecule has 0 spiro atoms. The predicted octanol–water partition coefficient (Wildman–Crippen LogP) is 3.38. The van der Waals surface area contributed by atoms with Crippen LogP contribution in [0.1, 0.15) is 37.6 Å². The Balaban J connectivity index is 2.93. The van der Waals surface area contributed by atoms with E-state index < -0.39 is 0 Å². The lowest BCUT2D eigenvalue weighted by atomic mass is 10.1. The van der Waals surface area contributed by atoms with E-state index in [1.165, 1.54) is 0 Å². The van der Waals surface area contributed by atoms with Crippen molar-refractivity contribution in [2.24, 2.45) is 0 Å². The fourth-order valence-corrected chi connectivity index (χ4v) is 1.73. The zero-order valence-corrected chi connectivity index (χ0v) is 12.0. The fourth-order valence-electron chi connectivity index (χ4n) is 1.36. The maximum Gasteiger partial charge on any atom is 0.255 e. The van der Waals surface area contributed by atoms with Crippen molar-refractivity contribution in [1.82, 2.24) is 5.32 Å². The first-order valence-corrected chi connectivity index (χ1v) is 6.61. The second-order valence-electron chi connectivity index (χ2n) is 3.86. The standard InChI is InChI=1S/C13H18BrNO2/c1-4-9(3)15-13(16)11-8-10(14)6-7-12(11)17-5-2/h6-9H,4-5H2,1-3H3,(H,15,16)/t9-/m1/s1. The quantitative estimate of drug-likeness (QED) is 0.905. The first-order valence-electron chi connectivity index (χ1n) is 5.81. The molecular weight excluding hydrogens is 282 g/mol. The summed E-state index contributed by atoms with van der Waals surface area (Å²) < 4.78 is 6.32. The molecule has 1 rings (SSSR count). The Hall–Kier alpha value is -1.03. The fraction of sp³-hybridized carbons (Fsp3) is 0.462.